The van der Waals surface area contributed by atoms with Gasteiger partial charge in [-0.3, -0.25) is 0 Å². The Hall–Kier alpha value is -12.9. The molecule has 0 N–H and O–H groups in total. The summed E-state index contributed by atoms with van der Waals surface area (Å²) in [6, 6.07) is 115. The smallest absolute Gasteiger partial charge is 0.143 e. The van der Waals surface area contributed by atoms with Crippen molar-refractivity contribution in [3.8, 4) is 100 Å². The van der Waals surface area contributed by atoms with Gasteiger partial charge < -0.3 is 8.83 Å². The Balaban J connectivity index is 0.696. The molecular formula is C108H74O2. The quantitative estimate of drug-likeness (QED) is 0.161. The van der Waals surface area contributed by atoms with E-state index in [9.17, 15) is 0 Å². The molecule has 0 fully saturated rings. The van der Waals surface area contributed by atoms with Crippen LogP contribution in [0.5, 0.6) is 0 Å². The maximum Gasteiger partial charge on any atom is 0.143 e. The molecule has 18 aromatic carbocycles. The van der Waals surface area contributed by atoms with Gasteiger partial charge in [0.05, 0.1) is 0 Å². The normalized spacial score (nSPS) is 15.0. The molecule has 2 heterocycles. The Bertz CT molecular complexity index is 7530. The van der Waals surface area contributed by atoms with Crippen LogP contribution in [0.4, 0.5) is 0 Å². The molecule has 2 nitrogen and oxygen atoms in total. The van der Waals surface area contributed by atoms with Gasteiger partial charge in [0, 0.05) is 65.5 Å². The van der Waals surface area contributed by atoms with Crippen molar-refractivity contribution < 1.29 is 8.83 Å². The molecule has 0 unspecified atom stereocenters. The summed E-state index contributed by atoms with van der Waals surface area (Å²) in [5.41, 5.74) is 35.7. The SMILES string of the molecule is CC1(C)c2ccccc2-c2cc(-c3c4ccccc4c(-c4cc5c(c6c4oc4ccc7ccc(-c8cccc9c8C(C)(C)c8ccc(-c%10c%11ccccc%11c(-c%11c%12c(cc%13c%11oc%11ccc%14ccccc%14c%11%13)C(C)(C)c%11ccccc%11-%12)c%11ccccc%10%11)cc8-9)cc7c46)C(C)(C)c4ccccc4-5)c4ccccc34)ccc21. The van der Waals surface area contributed by atoms with Crippen molar-refractivity contribution in [3.05, 3.63) is 348 Å². The monoisotopic (exact) mass is 1400 g/mol. The first kappa shape index (κ1) is 62.2. The maximum atomic E-state index is 7.68. The Morgan fingerprint density at radius 1 is 0.191 bits per heavy atom. The third kappa shape index (κ3) is 7.92. The highest BCUT2D eigenvalue weighted by Crippen LogP contribution is 2.62. The molecule has 110 heavy (non-hydrogen) atoms. The number of fused-ring (bicyclic) bond motifs is 27. The summed E-state index contributed by atoms with van der Waals surface area (Å²) in [5, 5.41) is 19.2. The van der Waals surface area contributed by atoms with E-state index >= 15 is 0 Å². The van der Waals surface area contributed by atoms with Crippen molar-refractivity contribution in [2.24, 2.45) is 0 Å². The van der Waals surface area contributed by atoms with Crippen molar-refractivity contribution >= 4 is 109 Å². The first-order valence-corrected chi connectivity index (χ1v) is 39.1. The molecule has 0 aliphatic heterocycles. The van der Waals surface area contributed by atoms with Gasteiger partial charge in [-0.25, -0.2) is 0 Å². The van der Waals surface area contributed by atoms with E-state index in [4.69, 9.17) is 8.83 Å². The predicted molar refractivity (Wildman–Crippen MR) is 463 cm³/mol. The zero-order valence-corrected chi connectivity index (χ0v) is 62.7. The molecule has 2 aromatic heterocycles. The minimum atomic E-state index is -0.340. The highest BCUT2D eigenvalue weighted by atomic mass is 16.3. The number of hydrogen-bond donors (Lipinski definition) is 0. The second-order valence-corrected chi connectivity index (χ2v) is 33.9. The van der Waals surface area contributed by atoms with E-state index in [2.05, 4.69) is 359 Å². The van der Waals surface area contributed by atoms with E-state index in [0.717, 1.165) is 44.2 Å². The highest BCUT2D eigenvalue weighted by molar-refractivity contribution is 6.31. The number of benzene rings is 18. The molecule has 0 saturated heterocycles. The topological polar surface area (TPSA) is 26.3 Å². The lowest BCUT2D eigenvalue weighted by atomic mass is 9.78. The van der Waals surface area contributed by atoms with Gasteiger partial charge in [-0.1, -0.05) is 316 Å². The van der Waals surface area contributed by atoms with Crippen LogP contribution in [0.15, 0.2) is 312 Å². The molecule has 20 aromatic rings. The predicted octanol–water partition coefficient (Wildman–Crippen LogP) is 30.0. The molecule has 24 rings (SSSR count). The molecule has 4 aliphatic carbocycles. The lowest BCUT2D eigenvalue weighted by Crippen LogP contribution is -2.16. The van der Waals surface area contributed by atoms with Gasteiger partial charge >= 0.3 is 0 Å². The molecule has 0 amide bonds. The number of rotatable bonds is 5. The standard InChI is InChI=1S/C108H74O2/c1-105(2)84-41-22-19-28-66(84)79-55-62(46-50-87(79)105)92-68-30-11-15-34-72(68)94(73-35-16-12-31-69(73)92)82-57-81-67-29-20-23-42-85(67)108(7,8)102(81)100-98-78-54-61(45-44-60(78)49-53-91(98)110-104(82)100)65-39-25-40-76-80-56-63(47-51-88(80)107(5,6)101(65)76)93-70-32-13-17-36-74(70)96(75-37-18-14-33-71(75)93)99-97-77-38-21-24-43-86(77)106(3,4)89(97)58-83-95-64-27-10-9-26-59(64)48-52-90(95)109-103(83)99/h9-58H,1-8H3. The first-order chi connectivity index (χ1) is 53.6. The van der Waals surface area contributed by atoms with E-state index in [1.165, 1.54) is 209 Å². The van der Waals surface area contributed by atoms with Crippen molar-refractivity contribution in [1.29, 1.82) is 0 Å². The van der Waals surface area contributed by atoms with Gasteiger partial charge in [-0.2, -0.15) is 0 Å². The summed E-state index contributed by atoms with van der Waals surface area (Å²) in [6.07, 6.45) is 0. The molecule has 0 atom stereocenters. The van der Waals surface area contributed by atoms with Gasteiger partial charge in [0.2, 0.25) is 0 Å². The van der Waals surface area contributed by atoms with Crippen LogP contribution in [0.25, 0.3) is 209 Å². The molecule has 2 heteroatoms. The van der Waals surface area contributed by atoms with Crippen molar-refractivity contribution in [2.75, 3.05) is 0 Å². The molecule has 0 bridgehead atoms. The Labute approximate surface area is 638 Å². The lowest BCUT2D eigenvalue weighted by molar-refractivity contribution is 0.657. The summed E-state index contributed by atoms with van der Waals surface area (Å²) in [6.45, 7) is 19.3. The molecule has 4 aliphatic rings. The minimum Gasteiger partial charge on any atom is -0.455 e. The molecule has 0 radical (unpaired) electrons. The van der Waals surface area contributed by atoms with Crippen LogP contribution in [0.3, 0.4) is 0 Å². The average molecular weight is 1400 g/mol. The third-order valence-corrected chi connectivity index (χ3v) is 27.0. The molecular weight excluding hydrogens is 1330 g/mol. The maximum absolute atomic E-state index is 7.68. The lowest BCUT2D eigenvalue weighted by Gasteiger charge is -2.25. The summed E-state index contributed by atoms with van der Waals surface area (Å²) >= 11 is 0. The Morgan fingerprint density at radius 2 is 0.609 bits per heavy atom. The molecule has 518 valence electrons. The van der Waals surface area contributed by atoms with Gasteiger partial charge in [0.1, 0.15) is 22.3 Å². The highest BCUT2D eigenvalue weighted by Gasteiger charge is 2.44. The van der Waals surface area contributed by atoms with Gasteiger partial charge in [-0.05, 0) is 229 Å². The van der Waals surface area contributed by atoms with Crippen LogP contribution in [0.1, 0.15) is 99.9 Å². The third-order valence-electron chi connectivity index (χ3n) is 27.0. The fourth-order valence-corrected chi connectivity index (χ4v) is 22.1. The van der Waals surface area contributed by atoms with Crippen LogP contribution in [-0.2, 0) is 21.7 Å². The van der Waals surface area contributed by atoms with Gasteiger partial charge in [-0.15, -0.1) is 0 Å². The van der Waals surface area contributed by atoms with E-state index in [-0.39, 0.29) is 21.7 Å². The fourth-order valence-electron chi connectivity index (χ4n) is 22.1. The van der Waals surface area contributed by atoms with Crippen LogP contribution in [-0.4, -0.2) is 0 Å². The first-order valence-electron chi connectivity index (χ1n) is 39.1. The van der Waals surface area contributed by atoms with E-state index < -0.39 is 0 Å². The van der Waals surface area contributed by atoms with Crippen LogP contribution >= 0.6 is 0 Å². The largest absolute Gasteiger partial charge is 0.455 e. The Kier molecular flexibility index (Phi) is 12.2. The van der Waals surface area contributed by atoms with Crippen LogP contribution in [0.2, 0.25) is 0 Å². The Morgan fingerprint density at radius 3 is 1.23 bits per heavy atom. The van der Waals surface area contributed by atoms with Crippen molar-refractivity contribution in [3.63, 3.8) is 0 Å². The second kappa shape index (κ2) is 21.5. The summed E-state index contributed by atoms with van der Waals surface area (Å²) in [5.74, 6) is 0. The minimum absolute atomic E-state index is 0.0906. The molecule has 0 spiro atoms. The zero-order valence-electron chi connectivity index (χ0n) is 62.7. The number of furan rings is 2. The average Bonchev–Trinajstić information content (AvgIpc) is 1.50. The zero-order chi connectivity index (χ0) is 73.3. The van der Waals surface area contributed by atoms with Crippen LogP contribution in [0, 0.1) is 0 Å². The number of hydrogen-bond acceptors (Lipinski definition) is 2. The fraction of sp³-hybridized carbons (Fsp3) is 0.111. The van der Waals surface area contributed by atoms with Crippen molar-refractivity contribution in [2.45, 2.75) is 77.0 Å². The van der Waals surface area contributed by atoms with E-state index in [1.54, 1.807) is 0 Å². The van der Waals surface area contributed by atoms with Gasteiger partial charge in [0.15, 0.2) is 0 Å². The second-order valence-electron chi connectivity index (χ2n) is 33.9. The summed E-state index contributed by atoms with van der Waals surface area (Å²) in [7, 11) is 0. The van der Waals surface area contributed by atoms with E-state index in [1.807, 2.05) is 0 Å². The summed E-state index contributed by atoms with van der Waals surface area (Å²) in [4.78, 5) is 0. The summed E-state index contributed by atoms with van der Waals surface area (Å²) < 4.78 is 15.0. The van der Waals surface area contributed by atoms with Crippen molar-refractivity contribution in [1.82, 2.24) is 0 Å². The van der Waals surface area contributed by atoms with Gasteiger partial charge in [0.25, 0.3) is 0 Å². The molecule has 0 saturated carbocycles. The van der Waals surface area contributed by atoms with Crippen LogP contribution < -0.4 is 0 Å². The van der Waals surface area contributed by atoms with E-state index in [0.29, 0.717) is 0 Å².